The van der Waals surface area contributed by atoms with Gasteiger partial charge < -0.3 is 10.4 Å². The highest BCUT2D eigenvalue weighted by molar-refractivity contribution is 7.20. The van der Waals surface area contributed by atoms with E-state index in [1.165, 1.54) is 4.88 Å². The van der Waals surface area contributed by atoms with Crippen molar-refractivity contribution in [2.45, 2.75) is 13.0 Å². The van der Waals surface area contributed by atoms with Crippen molar-refractivity contribution in [3.63, 3.8) is 0 Å². The third kappa shape index (κ3) is 3.69. The molecule has 2 N–H and O–H groups in total. The summed E-state index contributed by atoms with van der Waals surface area (Å²) in [6, 6.07) is 12.3. The first-order chi connectivity index (χ1) is 10.3. The van der Waals surface area contributed by atoms with Gasteiger partial charge in [0.15, 0.2) is 0 Å². The normalized spacial score (nSPS) is 10.7. The van der Waals surface area contributed by atoms with E-state index in [4.69, 9.17) is 5.11 Å². The highest BCUT2D eigenvalue weighted by atomic mass is 32.1. The lowest BCUT2D eigenvalue weighted by molar-refractivity contribution is 0.299. The number of aromatic nitrogens is 1. The van der Waals surface area contributed by atoms with Gasteiger partial charge in [-0.1, -0.05) is 18.2 Å². The number of benzene rings is 1. The van der Waals surface area contributed by atoms with Crippen LogP contribution in [0.5, 0.6) is 0 Å². The van der Waals surface area contributed by atoms with Gasteiger partial charge in [0, 0.05) is 17.7 Å². The SMILES string of the molecule is OCCc1ccc(NCc2csc(-c3cccs3)n2)cc1. The summed E-state index contributed by atoms with van der Waals surface area (Å²) in [6.45, 7) is 0.915. The van der Waals surface area contributed by atoms with Gasteiger partial charge in [0.25, 0.3) is 0 Å². The van der Waals surface area contributed by atoms with Crippen LogP contribution in [0.15, 0.2) is 47.2 Å². The average molecular weight is 316 g/mol. The van der Waals surface area contributed by atoms with E-state index in [0.29, 0.717) is 6.42 Å². The van der Waals surface area contributed by atoms with E-state index in [1.54, 1.807) is 22.7 Å². The molecule has 3 rings (SSSR count). The van der Waals surface area contributed by atoms with Crippen LogP contribution in [0.2, 0.25) is 0 Å². The summed E-state index contributed by atoms with van der Waals surface area (Å²) in [5.74, 6) is 0. The van der Waals surface area contributed by atoms with E-state index in [0.717, 1.165) is 28.5 Å². The van der Waals surface area contributed by atoms with Crippen molar-refractivity contribution < 1.29 is 5.11 Å². The van der Waals surface area contributed by atoms with Crippen LogP contribution in [0.3, 0.4) is 0 Å². The zero-order valence-corrected chi connectivity index (χ0v) is 13.1. The van der Waals surface area contributed by atoms with Crippen molar-refractivity contribution in [3.05, 3.63) is 58.4 Å². The third-order valence-corrected chi connectivity index (χ3v) is 5.04. The molecule has 0 atom stereocenters. The molecule has 3 nitrogen and oxygen atoms in total. The number of aliphatic hydroxyl groups excluding tert-OH is 1. The number of thiophene rings is 1. The molecule has 0 radical (unpaired) electrons. The molecular formula is C16H16N2OS2. The Morgan fingerprint density at radius 2 is 1.95 bits per heavy atom. The highest BCUT2D eigenvalue weighted by Crippen LogP contribution is 2.28. The van der Waals surface area contributed by atoms with Crippen LogP contribution >= 0.6 is 22.7 Å². The standard InChI is InChI=1S/C16H16N2OS2/c19-8-7-12-3-5-13(6-4-12)17-10-14-11-21-16(18-14)15-2-1-9-20-15/h1-6,9,11,17,19H,7-8,10H2. The molecule has 0 bridgehead atoms. The number of nitrogens with zero attached hydrogens (tertiary/aromatic N) is 1. The number of anilines is 1. The van der Waals surface area contributed by atoms with Gasteiger partial charge in [-0.15, -0.1) is 22.7 Å². The molecule has 0 aliphatic carbocycles. The lowest BCUT2D eigenvalue weighted by Gasteiger charge is -2.05. The zero-order chi connectivity index (χ0) is 14.5. The number of thiazole rings is 1. The number of hydrogen-bond acceptors (Lipinski definition) is 5. The summed E-state index contributed by atoms with van der Waals surface area (Å²) in [4.78, 5) is 5.87. The minimum Gasteiger partial charge on any atom is -0.396 e. The van der Waals surface area contributed by atoms with Crippen LogP contribution in [0.25, 0.3) is 9.88 Å². The second-order valence-electron chi connectivity index (χ2n) is 4.65. The van der Waals surface area contributed by atoms with Gasteiger partial charge in [-0.05, 0) is 35.6 Å². The van der Waals surface area contributed by atoms with Crippen LogP contribution in [0.4, 0.5) is 5.69 Å². The molecule has 2 heterocycles. The van der Waals surface area contributed by atoms with E-state index in [-0.39, 0.29) is 6.61 Å². The predicted molar refractivity (Wildman–Crippen MR) is 90.0 cm³/mol. The second kappa shape index (κ2) is 6.85. The maximum absolute atomic E-state index is 8.90. The predicted octanol–water partition coefficient (Wildman–Crippen LogP) is 4.02. The van der Waals surface area contributed by atoms with E-state index < -0.39 is 0 Å². The van der Waals surface area contributed by atoms with Crippen molar-refractivity contribution in [1.29, 1.82) is 0 Å². The molecule has 0 fully saturated rings. The Balaban J connectivity index is 1.60. The molecule has 0 saturated carbocycles. The van der Waals surface area contributed by atoms with Crippen LogP contribution < -0.4 is 5.32 Å². The molecule has 5 heteroatoms. The van der Waals surface area contributed by atoms with Gasteiger partial charge in [-0.3, -0.25) is 0 Å². The third-order valence-electron chi connectivity index (χ3n) is 3.11. The highest BCUT2D eigenvalue weighted by Gasteiger charge is 2.05. The van der Waals surface area contributed by atoms with Gasteiger partial charge >= 0.3 is 0 Å². The monoisotopic (exact) mass is 316 g/mol. The van der Waals surface area contributed by atoms with Crippen molar-refractivity contribution in [1.82, 2.24) is 4.98 Å². The summed E-state index contributed by atoms with van der Waals surface area (Å²) >= 11 is 3.40. The molecule has 1 aromatic carbocycles. The zero-order valence-electron chi connectivity index (χ0n) is 11.5. The van der Waals surface area contributed by atoms with Gasteiger partial charge in [0.2, 0.25) is 0 Å². The average Bonchev–Trinajstić information content (AvgIpc) is 3.18. The number of nitrogens with one attached hydrogen (secondary N) is 1. The summed E-state index contributed by atoms with van der Waals surface area (Å²) in [5.41, 5.74) is 3.28. The maximum atomic E-state index is 8.90. The lowest BCUT2D eigenvalue weighted by Crippen LogP contribution is -2.00. The van der Waals surface area contributed by atoms with Crippen LogP contribution in [-0.4, -0.2) is 16.7 Å². The molecule has 0 aliphatic rings. The van der Waals surface area contributed by atoms with E-state index in [1.807, 2.05) is 30.3 Å². The number of aliphatic hydroxyl groups is 1. The van der Waals surface area contributed by atoms with Crippen LogP contribution in [-0.2, 0) is 13.0 Å². The number of rotatable bonds is 6. The van der Waals surface area contributed by atoms with Crippen molar-refractivity contribution in [3.8, 4) is 9.88 Å². The molecule has 0 saturated heterocycles. The molecular weight excluding hydrogens is 300 g/mol. The molecule has 0 aliphatic heterocycles. The molecule has 0 spiro atoms. The van der Waals surface area contributed by atoms with E-state index >= 15 is 0 Å². The largest absolute Gasteiger partial charge is 0.396 e. The molecule has 108 valence electrons. The van der Waals surface area contributed by atoms with E-state index in [9.17, 15) is 0 Å². The van der Waals surface area contributed by atoms with Crippen LogP contribution in [0.1, 0.15) is 11.3 Å². The Bertz CT molecular complexity index is 675. The summed E-state index contributed by atoms with van der Waals surface area (Å²) in [5, 5.41) is 17.5. The maximum Gasteiger partial charge on any atom is 0.133 e. The Morgan fingerprint density at radius 1 is 1.10 bits per heavy atom. The number of hydrogen-bond donors (Lipinski definition) is 2. The molecule has 2 aromatic heterocycles. The van der Waals surface area contributed by atoms with Crippen LogP contribution in [0, 0.1) is 0 Å². The second-order valence-corrected chi connectivity index (χ2v) is 6.45. The summed E-state index contributed by atoms with van der Waals surface area (Å²) in [7, 11) is 0. The van der Waals surface area contributed by atoms with Crippen molar-refractivity contribution in [2.75, 3.05) is 11.9 Å². The minimum atomic E-state index is 0.192. The fourth-order valence-electron chi connectivity index (χ4n) is 2.01. The smallest absolute Gasteiger partial charge is 0.133 e. The van der Waals surface area contributed by atoms with Gasteiger partial charge in [0.1, 0.15) is 5.01 Å². The Morgan fingerprint density at radius 3 is 2.67 bits per heavy atom. The van der Waals surface area contributed by atoms with Gasteiger partial charge in [-0.2, -0.15) is 0 Å². The molecule has 3 aromatic rings. The molecule has 0 amide bonds. The fraction of sp³-hybridized carbons (Fsp3) is 0.188. The first kappa shape index (κ1) is 14.3. The van der Waals surface area contributed by atoms with Crippen molar-refractivity contribution >= 4 is 28.4 Å². The van der Waals surface area contributed by atoms with E-state index in [2.05, 4.69) is 27.1 Å². The lowest BCUT2D eigenvalue weighted by atomic mass is 10.1. The van der Waals surface area contributed by atoms with Gasteiger partial charge in [-0.25, -0.2) is 4.98 Å². The Kier molecular flexibility index (Phi) is 4.65. The topological polar surface area (TPSA) is 45.1 Å². The minimum absolute atomic E-state index is 0.192. The first-order valence-electron chi connectivity index (χ1n) is 6.77. The quantitative estimate of drug-likeness (QED) is 0.722. The van der Waals surface area contributed by atoms with Crippen molar-refractivity contribution in [2.24, 2.45) is 0 Å². The molecule has 0 unspecified atom stereocenters. The Hall–Kier alpha value is -1.69. The summed E-state index contributed by atoms with van der Waals surface area (Å²) in [6.07, 6.45) is 0.705. The fourth-order valence-corrected chi connectivity index (χ4v) is 3.65. The Labute approximate surface area is 131 Å². The molecule has 21 heavy (non-hydrogen) atoms. The van der Waals surface area contributed by atoms with Gasteiger partial charge in [0.05, 0.1) is 17.1 Å². The summed E-state index contributed by atoms with van der Waals surface area (Å²) < 4.78 is 0. The first-order valence-corrected chi connectivity index (χ1v) is 8.53.